The van der Waals surface area contributed by atoms with Crippen LogP contribution in [0.25, 0.3) is 0 Å². The van der Waals surface area contributed by atoms with E-state index in [4.69, 9.17) is 4.74 Å². The zero-order chi connectivity index (χ0) is 16.2. The molecule has 1 N–H and O–H groups in total. The molecule has 0 aliphatic carbocycles. The Morgan fingerprint density at radius 1 is 1.00 bits per heavy atom. The molecule has 0 bridgehead atoms. The van der Waals surface area contributed by atoms with Crippen molar-refractivity contribution in [2.75, 3.05) is 13.2 Å². The number of aliphatic hydroxyl groups is 1. The highest BCUT2D eigenvalue weighted by Crippen LogP contribution is 2.35. The van der Waals surface area contributed by atoms with E-state index >= 15 is 0 Å². The van der Waals surface area contributed by atoms with E-state index in [1.165, 1.54) is 36.4 Å². The third-order valence-electron chi connectivity index (χ3n) is 3.20. The van der Waals surface area contributed by atoms with E-state index in [2.05, 4.69) is 0 Å². The van der Waals surface area contributed by atoms with Gasteiger partial charge in [0.25, 0.3) is 0 Å². The normalized spacial score (nSPS) is 13.0. The van der Waals surface area contributed by atoms with Crippen LogP contribution in [0.15, 0.2) is 48.5 Å². The summed E-state index contributed by atoms with van der Waals surface area (Å²) in [6.07, 6.45) is -4.53. The van der Waals surface area contributed by atoms with E-state index in [9.17, 15) is 22.7 Å². The zero-order valence-corrected chi connectivity index (χ0v) is 11.5. The molecule has 1 atom stereocenters. The van der Waals surface area contributed by atoms with E-state index in [0.29, 0.717) is 0 Å². The van der Waals surface area contributed by atoms with E-state index in [1.807, 2.05) is 0 Å². The molecular formula is C16H14F4O2. The number of hydrogen-bond donors (Lipinski definition) is 1. The largest absolute Gasteiger partial charge is 0.490 e. The van der Waals surface area contributed by atoms with Gasteiger partial charge in [0, 0.05) is 5.92 Å². The maximum atomic E-state index is 13.4. The van der Waals surface area contributed by atoms with Crippen LogP contribution in [0.5, 0.6) is 5.75 Å². The van der Waals surface area contributed by atoms with E-state index < -0.39 is 30.1 Å². The summed E-state index contributed by atoms with van der Waals surface area (Å²) in [7, 11) is 0. The topological polar surface area (TPSA) is 29.5 Å². The lowest BCUT2D eigenvalue weighted by molar-refractivity contribution is -0.138. The molecule has 2 aromatic carbocycles. The van der Waals surface area contributed by atoms with Crippen molar-refractivity contribution in [3.63, 3.8) is 0 Å². The number of benzene rings is 2. The smallest absolute Gasteiger partial charge is 0.416 e. The molecule has 0 heterocycles. The number of hydrogen-bond acceptors (Lipinski definition) is 2. The Morgan fingerprint density at radius 3 is 2.27 bits per heavy atom. The maximum Gasteiger partial charge on any atom is 0.416 e. The van der Waals surface area contributed by atoms with Crippen molar-refractivity contribution in [2.24, 2.45) is 0 Å². The number of ether oxygens (including phenoxy) is 1. The van der Waals surface area contributed by atoms with Gasteiger partial charge in [-0.2, -0.15) is 13.2 Å². The minimum Gasteiger partial charge on any atom is -0.490 e. The molecule has 2 aromatic rings. The third-order valence-corrected chi connectivity index (χ3v) is 3.20. The Labute approximate surface area is 125 Å². The van der Waals surface area contributed by atoms with Crippen LogP contribution in [0.3, 0.4) is 0 Å². The summed E-state index contributed by atoms with van der Waals surface area (Å²) in [6.45, 7) is -0.800. The molecule has 2 rings (SSSR count). The van der Waals surface area contributed by atoms with Crippen LogP contribution in [-0.4, -0.2) is 18.3 Å². The van der Waals surface area contributed by atoms with Crippen LogP contribution in [-0.2, 0) is 6.18 Å². The fraction of sp³-hybridized carbons (Fsp3) is 0.250. The van der Waals surface area contributed by atoms with E-state index in [0.717, 1.165) is 6.07 Å². The van der Waals surface area contributed by atoms with Gasteiger partial charge in [0.2, 0.25) is 0 Å². The van der Waals surface area contributed by atoms with Crippen molar-refractivity contribution in [1.82, 2.24) is 0 Å². The molecule has 0 saturated heterocycles. The Morgan fingerprint density at radius 2 is 1.64 bits per heavy atom. The molecular weight excluding hydrogens is 300 g/mol. The second-order valence-electron chi connectivity index (χ2n) is 4.71. The van der Waals surface area contributed by atoms with Crippen LogP contribution in [0, 0.1) is 5.82 Å². The SMILES string of the molecule is OCC(COc1ccccc1F)c1ccccc1C(F)(F)F. The molecule has 118 valence electrons. The number of rotatable bonds is 5. The molecule has 22 heavy (non-hydrogen) atoms. The maximum absolute atomic E-state index is 13.4. The first-order valence-electron chi connectivity index (χ1n) is 6.57. The number of alkyl halides is 3. The van der Waals surface area contributed by atoms with Gasteiger partial charge in [-0.25, -0.2) is 4.39 Å². The summed E-state index contributed by atoms with van der Waals surface area (Å²) in [4.78, 5) is 0. The average Bonchev–Trinajstić information content (AvgIpc) is 2.49. The number of aliphatic hydroxyl groups excluding tert-OH is 1. The summed E-state index contributed by atoms with van der Waals surface area (Å²) < 4.78 is 57.6. The van der Waals surface area contributed by atoms with E-state index in [1.54, 1.807) is 6.07 Å². The summed E-state index contributed by atoms with van der Waals surface area (Å²) in [5, 5.41) is 9.38. The Hall–Kier alpha value is -2.08. The highest BCUT2D eigenvalue weighted by atomic mass is 19.4. The Kier molecular flexibility index (Phi) is 5.03. The minimum atomic E-state index is -4.53. The highest BCUT2D eigenvalue weighted by molar-refractivity contribution is 5.33. The van der Waals surface area contributed by atoms with Gasteiger partial charge >= 0.3 is 6.18 Å². The van der Waals surface area contributed by atoms with Crippen LogP contribution >= 0.6 is 0 Å². The molecule has 0 fully saturated rings. The van der Waals surface area contributed by atoms with Gasteiger partial charge in [0.1, 0.15) is 0 Å². The first-order valence-corrected chi connectivity index (χ1v) is 6.57. The first kappa shape index (κ1) is 16.3. The molecule has 6 heteroatoms. The predicted octanol–water partition coefficient (Wildman–Crippen LogP) is 4.00. The Bertz CT molecular complexity index is 626. The molecule has 0 radical (unpaired) electrons. The van der Waals surface area contributed by atoms with Gasteiger partial charge in [-0.1, -0.05) is 30.3 Å². The van der Waals surface area contributed by atoms with Gasteiger partial charge in [0.05, 0.1) is 18.8 Å². The molecule has 0 amide bonds. The summed E-state index contributed by atoms with van der Waals surface area (Å²) in [5.74, 6) is -1.58. The van der Waals surface area contributed by atoms with Gasteiger partial charge < -0.3 is 9.84 Å². The molecule has 2 nitrogen and oxygen atoms in total. The number of para-hydroxylation sites is 1. The highest BCUT2D eigenvalue weighted by Gasteiger charge is 2.35. The summed E-state index contributed by atoms with van der Waals surface area (Å²) in [6, 6.07) is 10.6. The third kappa shape index (κ3) is 3.76. The van der Waals surface area contributed by atoms with Crippen LogP contribution in [0.4, 0.5) is 17.6 Å². The fourth-order valence-corrected chi connectivity index (χ4v) is 2.10. The van der Waals surface area contributed by atoms with Crippen LogP contribution < -0.4 is 4.74 Å². The van der Waals surface area contributed by atoms with Gasteiger partial charge in [-0.05, 0) is 23.8 Å². The second-order valence-corrected chi connectivity index (χ2v) is 4.71. The Balaban J connectivity index is 2.21. The van der Waals surface area contributed by atoms with Crippen molar-refractivity contribution in [2.45, 2.75) is 12.1 Å². The fourth-order valence-electron chi connectivity index (χ4n) is 2.10. The summed E-state index contributed by atoms with van der Waals surface area (Å²) in [5.41, 5.74) is -0.903. The molecule has 0 aliphatic rings. The standard InChI is InChI=1S/C16H14F4O2/c17-14-7-3-4-8-15(14)22-10-11(9-21)12-5-1-2-6-13(12)16(18,19)20/h1-8,11,21H,9-10H2. The average molecular weight is 314 g/mol. The quantitative estimate of drug-likeness (QED) is 0.845. The summed E-state index contributed by atoms with van der Waals surface area (Å²) >= 11 is 0. The lowest BCUT2D eigenvalue weighted by atomic mass is 9.95. The number of halogens is 4. The lowest BCUT2D eigenvalue weighted by Gasteiger charge is -2.20. The zero-order valence-electron chi connectivity index (χ0n) is 11.5. The monoisotopic (exact) mass is 314 g/mol. The van der Waals surface area contributed by atoms with Gasteiger partial charge in [-0.3, -0.25) is 0 Å². The van der Waals surface area contributed by atoms with Crippen molar-refractivity contribution >= 4 is 0 Å². The van der Waals surface area contributed by atoms with Crippen molar-refractivity contribution in [1.29, 1.82) is 0 Å². The van der Waals surface area contributed by atoms with E-state index in [-0.39, 0.29) is 17.9 Å². The van der Waals surface area contributed by atoms with Gasteiger partial charge in [-0.15, -0.1) is 0 Å². The molecule has 0 saturated carbocycles. The van der Waals surface area contributed by atoms with Crippen molar-refractivity contribution in [3.8, 4) is 5.75 Å². The molecule has 0 spiro atoms. The van der Waals surface area contributed by atoms with Crippen LogP contribution in [0.1, 0.15) is 17.0 Å². The van der Waals surface area contributed by atoms with Crippen molar-refractivity contribution in [3.05, 3.63) is 65.5 Å². The molecule has 0 aromatic heterocycles. The predicted molar refractivity (Wildman–Crippen MR) is 73.2 cm³/mol. The second kappa shape index (κ2) is 6.79. The minimum absolute atomic E-state index is 0.0644. The first-order chi connectivity index (χ1) is 10.4. The molecule has 1 unspecified atom stereocenters. The van der Waals surface area contributed by atoms with Crippen molar-refractivity contribution < 1.29 is 27.4 Å². The molecule has 0 aliphatic heterocycles. The lowest BCUT2D eigenvalue weighted by Crippen LogP contribution is -2.19. The van der Waals surface area contributed by atoms with Crippen LogP contribution in [0.2, 0.25) is 0 Å². The van der Waals surface area contributed by atoms with Gasteiger partial charge in [0.15, 0.2) is 11.6 Å².